The highest BCUT2D eigenvalue weighted by atomic mass is 16.2. The summed E-state index contributed by atoms with van der Waals surface area (Å²) >= 11 is 0. The zero-order valence-electron chi connectivity index (χ0n) is 9.28. The van der Waals surface area contributed by atoms with Crippen molar-refractivity contribution in [3.05, 3.63) is 11.8 Å². The van der Waals surface area contributed by atoms with Gasteiger partial charge in [0, 0.05) is 31.8 Å². The summed E-state index contributed by atoms with van der Waals surface area (Å²) in [7, 11) is 1.70. The molecule has 1 fully saturated rings. The van der Waals surface area contributed by atoms with Crippen LogP contribution >= 0.6 is 0 Å². The summed E-state index contributed by atoms with van der Waals surface area (Å²) in [5.74, 6) is 0.0987. The second-order valence-electron chi connectivity index (χ2n) is 4.10. The first kappa shape index (κ1) is 10.7. The van der Waals surface area contributed by atoms with Crippen molar-refractivity contribution >= 4 is 17.6 Å². The molecule has 1 aromatic rings. The van der Waals surface area contributed by atoms with Crippen molar-refractivity contribution in [3.63, 3.8) is 0 Å². The van der Waals surface area contributed by atoms with E-state index in [2.05, 4.69) is 15.5 Å². The Hall–Kier alpha value is -1.85. The zero-order valence-corrected chi connectivity index (χ0v) is 9.28. The third-order valence-corrected chi connectivity index (χ3v) is 2.67. The van der Waals surface area contributed by atoms with Crippen molar-refractivity contribution in [2.24, 2.45) is 5.92 Å². The Morgan fingerprint density at radius 1 is 1.69 bits per heavy atom. The molecule has 86 valence electrons. The maximum absolute atomic E-state index is 11.8. The number of nitrogens with zero attached hydrogens (tertiary/aromatic N) is 2. The molecule has 0 saturated carbocycles. The average molecular weight is 222 g/mol. The van der Waals surface area contributed by atoms with Gasteiger partial charge in [-0.2, -0.15) is 5.10 Å². The molecule has 2 rings (SSSR count). The average Bonchev–Trinajstić information content (AvgIpc) is 2.75. The highest BCUT2D eigenvalue weighted by molar-refractivity contribution is 5.96. The molecule has 1 aromatic heterocycles. The molecule has 0 spiro atoms. The number of aromatic amines is 1. The SMILES string of the molecule is Cc1cc(NC(=O)C2CC(=O)N(C)C2)n[nH]1. The fraction of sp³-hybridized carbons (Fsp3) is 0.500. The number of H-pyrrole nitrogens is 1. The van der Waals surface area contributed by atoms with Gasteiger partial charge in [-0.15, -0.1) is 0 Å². The first-order chi connectivity index (χ1) is 7.56. The summed E-state index contributed by atoms with van der Waals surface area (Å²) in [5.41, 5.74) is 0.884. The molecule has 1 saturated heterocycles. The maximum atomic E-state index is 11.8. The number of aromatic nitrogens is 2. The van der Waals surface area contributed by atoms with Crippen LogP contribution in [0.3, 0.4) is 0 Å². The summed E-state index contributed by atoms with van der Waals surface area (Å²) in [5, 5.41) is 9.34. The Balaban J connectivity index is 1.97. The Kier molecular flexibility index (Phi) is 2.64. The van der Waals surface area contributed by atoms with Crippen LogP contribution in [-0.4, -0.2) is 40.5 Å². The van der Waals surface area contributed by atoms with Crippen molar-refractivity contribution in [2.45, 2.75) is 13.3 Å². The molecule has 0 aromatic carbocycles. The molecule has 2 heterocycles. The van der Waals surface area contributed by atoms with Gasteiger partial charge in [-0.25, -0.2) is 0 Å². The molecule has 0 radical (unpaired) electrons. The standard InChI is InChI=1S/C10H14N4O2/c1-6-3-8(13-12-6)11-10(16)7-4-9(15)14(2)5-7/h3,7H,4-5H2,1-2H3,(H2,11,12,13,16). The molecule has 1 atom stereocenters. The quantitative estimate of drug-likeness (QED) is 0.746. The number of rotatable bonds is 2. The minimum absolute atomic E-state index is 0.0124. The molecule has 0 aliphatic carbocycles. The monoisotopic (exact) mass is 222 g/mol. The number of carbonyl (C=O) groups is 2. The Labute approximate surface area is 93.0 Å². The Morgan fingerprint density at radius 3 is 2.94 bits per heavy atom. The van der Waals surface area contributed by atoms with Crippen molar-refractivity contribution in [1.29, 1.82) is 0 Å². The van der Waals surface area contributed by atoms with Gasteiger partial charge in [0.25, 0.3) is 0 Å². The summed E-state index contributed by atoms with van der Waals surface area (Å²) in [4.78, 5) is 24.6. The normalized spacial score (nSPS) is 20.2. The van der Waals surface area contributed by atoms with E-state index in [0.717, 1.165) is 5.69 Å². The van der Waals surface area contributed by atoms with Gasteiger partial charge in [-0.1, -0.05) is 0 Å². The van der Waals surface area contributed by atoms with Gasteiger partial charge in [0.15, 0.2) is 5.82 Å². The van der Waals surface area contributed by atoms with E-state index in [0.29, 0.717) is 12.4 Å². The van der Waals surface area contributed by atoms with E-state index in [-0.39, 0.29) is 24.2 Å². The van der Waals surface area contributed by atoms with E-state index in [1.807, 2.05) is 6.92 Å². The van der Waals surface area contributed by atoms with E-state index in [9.17, 15) is 9.59 Å². The molecular weight excluding hydrogens is 208 g/mol. The largest absolute Gasteiger partial charge is 0.345 e. The summed E-state index contributed by atoms with van der Waals surface area (Å²) in [6.07, 6.45) is 0.283. The molecule has 0 bridgehead atoms. The second-order valence-corrected chi connectivity index (χ2v) is 4.10. The van der Waals surface area contributed by atoms with Crippen LogP contribution in [0.25, 0.3) is 0 Å². The van der Waals surface area contributed by atoms with E-state index < -0.39 is 0 Å². The first-order valence-electron chi connectivity index (χ1n) is 5.13. The fourth-order valence-corrected chi connectivity index (χ4v) is 1.75. The van der Waals surface area contributed by atoms with Crippen molar-refractivity contribution in [1.82, 2.24) is 15.1 Å². The molecule has 16 heavy (non-hydrogen) atoms. The molecule has 6 nitrogen and oxygen atoms in total. The third-order valence-electron chi connectivity index (χ3n) is 2.67. The van der Waals surface area contributed by atoms with Crippen LogP contribution in [0.5, 0.6) is 0 Å². The number of anilines is 1. The maximum Gasteiger partial charge on any atom is 0.230 e. The van der Waals surface area contributed by atoms with Crippen LogP contribution in [0.2, 0.25) is 0 Å². The molecule has 1 aliphatic rings. The van der Waals surface area contributed by atoms with Gasteiger partial charge < -0.3 is 10.2 Å². The van der Waals surface area contributed by atoms with Gasteiger partial charge in [-0.3, -0.25) is 14.7 Å². The summed E-state index contributed by atoms with van der Waals surface area (Å²) < 4.78 is 0. The Morgan fingerprint density at radius 2 is 2.44 bits per heavy atom. The number of hydrogen-bond acceptors (Lipinski definition) is 3. The first-order valence-corrected chi connectivity index (χ1v) is 5.13. The molecular formula is C10H14N4O2. The molecule has 2 amide bonds. The van der Waals surface area contributed by atoms with Crippen molar-refractivity contribution < 1.29 is 9.59 Å². The van der Waals surface area contributed by atoms with Crippen LogP contribution in [-0.2, 0) is 9.59 Å². The van der Waals surface area contributed by atoms with Crippen molar-refractivity contribution in [2.75, 3.05) is 18.9 Å². The van der Waals surface area contributed by atoms with Gasteiger partial charge in [-0.05, 0) is 6.92 Å². The number of likely N-dealkylation sites (tertiary alicyclic amines) is 1. The lowest BCUT2D eigenvalue weighted by Gasteiger charge is -2.09. The highest BCUT2D eigenvalue weighted by Crippen LogP contribution is 2.17. The third kappa shape index (κ3) is 2.05. The van der Waals surface area contributed by atoms with Gasteiger partial charge >= 0.3 is 0 Å². The lowest BCUT2D eigenvalue weighted by molar-refractivity contribution is -0.127. The van der Waals surface area contributed by atoms with E-state index in [1.54, 1.807) is 18.0 Å². The fourth-order valence-electron chi connectivity index (χ4n) is 1.75. The van der Waals surface area contributed by atoms with Crippen LogP contribution in [0, 0.1) is 12.8 Å². The van der Waals surface area contributed by atoms with Gasteiger partial charge in [0.05, 0.1) is 5.92 Å². The van der Waals surface area contributed by atoms with Gasteiger partial charge in [0.1, 0.15) is 0 Å². The second kappa shape index (κ2) is 3.96. The zero-order chi connectivity index (χ0) is 11.7. The van der Waals surface area contributed by atoms with Gasteiger partial charge in [0.2, 0.25) is 11.8 Å². The van der Waals surface area contributed by atoms with E-state index in [1.165, 1.54) is 0 Å². The Bertz CT molecular complexity index is 426. The van der Waals surface area contributed by atoms with Crippen molar-refractivity contribution in [3.8, 4) is 0 Å². The lowest BCUT2D eigenvalue weighted by Crippen LogP contribution is -2.25. The molecule has 1 aliphatic heterocycles. The predicted octanol–water partition coefficient (Wildman–Crippen LogP) is 0.135. The molecule has 2 N–H and O–H groups in total. The molecule has 1 unspecified atom stereocenters. The number of hydrogen-bond donors (Lipinski definition) is 2. The van der Waals surface area contributed by atoms with Crippen LogP contribution < -0.4 is 5.32 Å². The minimum atomic E-state index is -0.269. The summed E-state index contributed by atoms with van der Waals surface area (Å²) in [6, 6.07) is 1.75. The number of amides is 2. The highest BCUT2D eigenvalue weighted by Gasteiger charge is 2.32. The van der Waals surface area contributed by atoms with E-state index in [4.69, 9.17) is 0 Å². The minimum Gasteiger partial charge on any atom is -0.345 e. The van der Waals surface area contributed by atoms with Crippen LogP contribution in [0.15, 0.2) is 6.07 Å². The smallest absolute Gasteiger partial charge is 0.230 e. The predicted molar refractivity (Wildman–Crippen MR) is 57.7 cm³/mol. The van der Waals surface area contributed by atoms with Crippen LogP contribution in [0.1, 0.15) is 12.1 Å². The summed E-state index contributed by atoms with van der Waals surface area (Å²) in [6.45, 7) is 2.34. The topological polar surface area (TPSA) is 78.1 Å². The van der Waals surface area contributed by atoms with E-state index >= 15 is 0 Å². The number of aryl methyl sites for hydroxylation is 1. The number of carbonyl (C=O) groups excluding carboxylic acids is 2. The molecule has 6 heteroatoms. The number of nitrogens with one attached hydrogen (secondary N) is 2. The van der Waals surface area contributed by atoms with Crippen LogP contribution in [0.4, 0.5) is 5.82 Å². The lowest BCUT2D eigenvalue weighted by atomic mass is 10.1.